The normalized spacial score (nSPS) is 24.2. The van der Waals surface area contributed by atoms with E-state index in [-0.39, 0.29) is 48.7 Å². The zero-order valence-electron chi connectivity index (χ0n) is 14.4. The molecule has 3 rings (SSSR count). The van der Waals surface area contributed by atoms with Gasteiger partial charge < -0.3 is 15.7 Å². The highest BCUT2D eigenvalue weighted by Gasteiger charge is 2.28. The van der Waals surface area contributed by atoms with Crippen LogP contribution in [-0.2, 0) is 11.3 Å². The maximum Gasteiger partial charge on any atom is 0.223 e. The molecule has 25 heavy (non-hydrogen) atoms. The van der Waals surface area contributed by atoms with E-state index in [2.05, 4.69) is 39.8 Å². The second-order valence-electron chi connectivity index (χ2n) is 6.77. The number of hydrogen-bond acceptors (Lipinski definition) is 4. The summed E-state index contributed by atoms with van der Waals surface area (Å²) in [7, 11) is 0. The molecule has 1 aromatic rings. The number of amides is 1. The van der Waals surface area contributed by atoms with Crippen LogP contribution in [0, 0.1) is 11.8 Å². The number of benzene rings is 1. The fourth-order valence-electron chi connectivity index (χ4n) is 3.50. The van der Waals surface area contributed by atoms with Crippen LogP contribution in [0.1, 0.15) is 18.4 Å². The Balaban J connectivity index is 0.00000156. The third kappa shape index (κ3) is 6.42. The number of hydrogen-bond donors (Lipinski definition) is 3. The Kier molecular flexibility index (Phi) is 9.75. The van der Waals surface area contributed by atoms with Crippen molar-refractivity contribution in [3.63, 3.8) is 0 Å². The average molecular weight is 390 g/mol. The van der Waals surface area contributed by atoms with Gasteiger partial charge >= 0.3 is 0 Å². The number of nitrogens with zero attached hydrogens (tertiary/aromatic N) is 1. The van der Waals surface area contributed by atoms with Gasteiger partial charge in [-0.1, -0.05) is 30.3 Å². The minimum Gasteiger partial charge on any atom is -0.391 e. The van der Waals surface area contributed by atoms with Crippen molar-refractivity contribution in [1.82, 2.24) is 15.5 Å². The standard InChI is InChI=1S/C18H27N3O2.2ClH/c22-17-12-19-10-16(17)11-20-18(23)15-6-8-21(9-7-15)13-14-4-2-1-3-5-14;;/h1-5,15-17,19,22H,6-13H2,(H,20,23);2*1H. The molecule has 0 aliphatic carbocycles. The van der Waals surface area contributed by atoms with Gasteiger partial charge in [0.1, 0.15) is 0 Å². The Hall–Kier alpha value is -0.850. The van der Waals surface area contributed by atoms with Gasteiger partial charge in [0.15, 0.2) is 0 Å². The fourth-order valence-corrected chi connectivity index (χ4v) is 3.50. The minimum atomic E-state index is -0.331. The number of aliphatic hydroxyl groups excluding tert-OH is 1. The summed E-state index contributed by atoms with van der Waals surface area (Å²) in [5, 5.41) is 15.9. The fraction of sp³-hybridized carbons (Fsp3) is 0.611. The lowest BCUT2D eigenvalue weighted by molar-refractivity contribution is -0.126. The number of carbonyl (C=O) groups excluding carboxylic acids is 1. The summed E-state index contributed by atoms with van der Waals surface area (Å²) in [6.07, 6.45) is 1.51. The van der Waals surface area contributed by atoms with Gasteiger partial charge in [0.25, 0.3) is 0 Å². The van der Waals surface area contributed by atoms with E-state index in [0.29, 0.717) is 13.1 Å². The molecule has 2 unspecified atom stereocenters. The van der Waals surface area contributed by atoms with Crippen molar-refractivity contribution in [1.29, 1.82) is 0 Å². The van der Waals surface area contributed by atoms with Gasteiger partial charge in [-0.2, -0.15) is 0 Å². The molecule has 7 heteroatoms. The monoisotopic (exact) mass is 389 g/mol. The molecule has 0 saturated carbocycles. The molecule has 142 valence electrons. The summed E-state index contributed by atoms with van der Waals surface area (Å²) in [5.41, 5.74) is 1.33. The first-order valence-corrected chi connectivity index (χ1v) is 8.65. The summed E-state index contributed by atoms with van der Waals surface area (Å²) in [5.74, 6) is 0.425. The van der Waals surface area contributed by atoms with Gasteiger partial charge in [-0.25, -0.2) is 0 Å². The number of rotatable bonds is 5. The van der Waals surface area contributed by atoms with E-state index in [1.807, 2.05) is 6.07 Å². The lowest BCUT2D eigenvalue weighted by Gasteiger charge is -2.31. The lowest BCUT2D eigenvalue weighted by Crippen LogP contribution is -2.42. The predicted octanol–water partition coefficient (Wildman–Crippen LogP) is 1.44. The minimum absolute atomic E-state index is 0. The second kappa shape index (κ2) is 11.0. The SMILES string of the molecule is Cl.Cl.O=C(NCC1CNCC1O)C1CCN(Cc2ccccc2)CC1. The largest absolute Gasteiger partial charge is 0.391 e. The van der Waals surface area contributed by atoms with Crippen LogP contribution in [0.5, 0.6) is 0 Å². The number of carbonyl (C=O) groups is 1. The first-order valence-electron chi connectivity index (χ1n) is 8.65. The molecule has 2 atom stereocenters. The molecule has 1 aromatic carbocycles. The first kappa shape index (κ1) is 22.2. The van der Waals surface area contributed by atoms with Crippen molar-refractivity contribution in [2.45, 2.75) is 25.5 Å². The van der Waals surface area contributed by atoms with Crippen molar-refractivity contribution >= 4 is 30.7 Å². The van der Waals surface area contributed by atoms with Crippen molar-refractivity contribution in [2.24, 2.45) is 11.8 Å². The van der Waals surface area contributed by atoms with Gasteiger partial charge in [-0.3, -0.25) is 9.69 Å². The van der Waals surface area contributed by atoms with Crippen molar-refractivity contribution in [2.75, 3.05) is 32.7 Å². The third-order valence-corrected chi connectivity index (χ3v) is 5.05. The summed E-state index contributed by atoms with van der Waals surface area (Å²) in [4.78, 5) is 14.7. The van der Waals surface area contributed by atoms with Gasteiger partial charge in [0, 0.05) is 38.0 Å². The van der Waals surface area contributed by atoms with Crippen LogP contribution in [-0.4, -0.2) is 54.7 Å². The highest BCUT2D eigenvalue weighted by atomic mass is 35.5. The van der Waals surface area contributed by atoms with E-state index in [1.165, 1.54) is 5.56 Å². The first-order chi connectivity index (χ1) is 11.2. The molecule has 2 saturated heterocycles. The van der Waals surface area contributed by atoms with Crippen LogP contribution in [0.2, 0.25) is 0 Å². The molecule has 0 bridgehead atoms. The summed E-state index contributed by atoms with van der Waals surface area (Å²) >= 11 is 0. The molecule has 3 N–H and O–H groups in total. The molecule has 0 aromatic heterocycles. The highest BCUT2D eigenvalue weighted by molar-refractivity contribution is 5.85. The smallest absolute Gasteiger partial charge is 0.223 e. The predicted molar refractivity (Wildman–Crippen MR) is 104 cm³/mol. The number of aliphatic hydroxyl groups is 1. The molecular formula is C18H29Cl2N3O2. The molecule has 0 radical (unpaired) electrons. The number of halogens is 2. The summed E-state index contributed by atoms with van der Waals surface area (Å²) < 4.78 is 0. The van der Waals surface area contributed by atoms with Crippen molar-refractivity contribution < 1.29 is 9.90 Å². The van der Waals surface area contributed by atoms with E-state index in [1.54, 1.807) is 0 Å². The molecule has 5 nitrogen and oxygen atoms in total. The molecule has 0 spiro atoms. The maximum absolute atomic E-state index is 12.3. The number of β-amino-alcohol motifs (C(OH)–C–C–N with tert-alkyl or cyclic N) is 1. The van der Waals surface area contributed by atoms with Crippen molar-refractivity contribution in [3.05, 3.63) is 35.9 Å². The Morgan fingerprint density at radius 2 is 1.84 bits per heavy atom. The van der Waals surface area contributed by atoms with Crippen LogP contribution in [0.15, 0.2) is 30.3 Å². The summed E-state index contributed by atoms with van der Waals surface area (Å²) in [6.45, 7) is 4.92. The van der Waals surface area contributed by atoms with Gasteiger partial charge in [0.05, 0.1) is 6.10 Å². The molecular weight excluding hydrogens is 361 g/mol. The lowest BCUT2D eigenvalue weighted by atomic mass is 9.95. The van der Waals surface area contributed by atoms with Crippen LogP contribution >= 0.6 is 24.8 Å². The molecule has 2 fully saturated rings. The molecule has 1 amide bonds. The quantitative estimate of drug-likeness (QED) is 0.712. The average Bonchev–Trinajstić information content (AvgIpc) is 2.99. The van der Waals surface area contributed by atoms with Crippen molar-refractivity contribution in [3.8, 4) is 0 Å². The Morgan fingerprint density at radius 3 is 2.44 bits per heavy atom. The van der Waals surface area contributed by atoms with E-state index in [9.17, 15) is 9.90 Å². The highest BCUT2D eigenvalue weighted by Crippen LogP contribution is 2.19. The number of piperidine rings is 1. The Morgan fingerprint density at radius 1 is 1.16 bits per heavy atom. The topological polar surface area (TPSA) is 64.6 Å². The van der Waals surface area contributed by atoms with E-state index < -0.39 is 0 Å². The molecule has 2 aliphatic heterocycles. The van der Waals surface area contributed by atoms with E-state index in [0.717, 1.165) is 39.0 Å². The maximum atomic E-state index is 12.3. The van der Waals surface area contributed by atoms with Crippen LogP contribution < -0.4 is 10.6 Å². The van der Waals surface area contributed by atoms with Crippen LogP contribution in [0.3, 0.4) is 0 Å². The zero-order valence-corrected chi connectivity index (χ0v) is 16.0. The van der Waals surface area contributed by atoms with Gasteiger partial charge in [-0.05, 0) is 31.5 Å². The van der Waals surface area contributed by atoms with Gasteiger partial charge in [0.2, 0.25) is 5.91 Å². The zero-order chi connectivity index (χ0) is 16.1. The summed E-state index contributed by atoms with van der Waals surface area (Å²) in [6, 6.07) is 10.5. The van der Waals surface area contributed by atoms with Crippen LogP contribution in [0.4, 0.5) is 0 Å². The molecule has 2 aliphatic rings. The Labute approximate surface area is 162 Å². The van der Waals surface area contributed by atoms with Crippen LogP contribution in [0.25, 0.3) is 0 Å². The molecule has 2 heterocycles. The van der Waals surface area contributed by atoms with E-state index in [4.69, 9.17) is 0 Å². The number of likely N-dealkylation sites (tertiary alicyclic amines) is 1. The van der Waals surface area contributed by atoms with E-state index >= 15 is 0 Å². The number of nitrogens with one attached hydrogen (secondary N) is 2. The Bertz CT molecular complexity index is 510. The van der Waals surface area contributed by atoms with Gasteiger partial charge in [-0.15, -0.1) is 24.8 Å². The third-order valence-electron chi connectivity index (χ3n) is 5.05. The second-order valence-corrected chi connectivity index (χ2v) is 6.77.